The molecule has 0 aliphatic heterocycles. The highest BCUT2D eigenvalue weighted by atomic mass is 14.5. The molecule has 0 saturated carbocycles. The van der Waals surface area contributed by atoms with E-state index in [-0.39, 0.29) is 5.41 Å². The van der Waals surface area contributed by atoms with Gasteiger partial charge < -0.3 is 0 Å². The molecule has 0 radical (unpaired) electrons. The molecule has 0 nitrogen and oxygen atoms in total. The van der Waals surface area contributed by atoms with Crippen LogP contribution in [0.2, 0.25) is 0 Å². The van der Waals surface area contributed by atoms with Crippen LogP contribution in [0.3, 0.4) is 0 Å². The number of hydrogen-bond acceptors (Lipinski definition) is 0. The van der Waals surface area contributed by atoms with E-state index < -0.39 is 5.41 Å². The number of hydrogen-bond donors (Lipinski definition) is 0. The van der Waals surface area contributed by atoms with Crippen LogP contribution in [0, 0.1) is 0 Å². The molecule has 1 spiro atoms. The molecule has 0 saturated heterocycles. The van der Waals surface area contributed by atoms with Crippen molar-refractivity contribution < 1.29 is 0 Å². The van der Waals surface area contributed by atoms with E-state index in [1.54, 1.807) is 0 Å². The second-order valence-electron chi connectivity index (χ2n) is 18.6. The lowest BCUT2D eigenvalue weighted by atomic mass is 9.70. The van der Waals surface area contributed by atoms with Crippen LogP contribution in [0.1, 0.15) is 47.2 Å². The summed E-state index contributed by atoms with van der Waals surface area (Å²) in [6, 6.07) is 82.6. The Morgan fingerprint density at radius 1 is 0.266 bits per heavy atom. The van der Waals surface area contributed by atoms with Gasteiger partial charge in [-0.05, 0) is 139 Å². The fourth-order valence-corrected chi connectivity index (χ4v) is 12.8. The first-order valence-corrected chi connectivity index (χ1v) is 22.7. The summed E-state index contributed by atoms with van der Waals surface area (Å²) in [7, 11) is 0. The van der Waals surface area contributed by atoms with Gasteiger partial charge in [-0.25, -0.2) is 0 Å². The predicted octanol–water partition coefficient (Wildman–Crippen LogP) is 16.8. The molecule has 0 heterocycles. The summed E-state index contributed by atoms with van der Waals surface area (Å²) in [4.78, 5) is 0. The molecular formula is C64H42. The van der Waals surface area contributed by atoms with E-state index in [9.17, 15) is 0 Å². The van der Waals surface area contributed by atoms with Crippen molar-refractivity contribution in [3.63, 3.8) is 0 Å². The monoisotopic (exact) mass is 810 g/mol. The van der Waals surface area contributed by atoms with Crippen molar-refractivity contribution in [1.29, 1.82) is 0 Å². The third kappa shape index (κ3) is 4.52. The number of fused-ring (bicyclic) bond motifs is 17. The third-order valence-corrected chi connectivity index (χ3v) is 15.2. The zero-order chi connectivity index (χ0) is 42.3. The van der Waals surface area contributed by atoms with E-state index in [4.69, 9.17) is 0 Å². The molecule has 298 valence electrons. The molecule has 11 aromatic carbocycles. The lowest BCUT2D eigenvalue weighted by Gasteiger charge is -2.30. The van der Waals surface area contributed by atoms with Crippen molar-refractivity contribution in [2.75, 3.05) is 0 Å². The predicted molar refractivity (Wildman–Crippen MR) is 269 cm³/mol. The van der Waals surface area contributed by atoms with Gasteiger partial charge in [0.05, 0.1) is 5.41 Å². The summed E-state index contributed by atoms with van der Waals surface area (Å²) >= 11 is 0. The molecule has 0 bridgehead atoms. The fourth-order valence-electron chi connectivity index (χ4n) is 12.8. The highest BCUT2D eigenvalue weighted by Gasteiger charge is 2.51. The van der Waals surface area contributed by atoms with Crippen LogP contribution in [0.25, 0.3) is 99.1 Å². The highest BCUT2D eigenvalue weighted by Crippen LogP contribution is 2.63. The average Bonchev–Trinajstić information content (AvgIpc) is 3.91. The Morgan fingerprint density at radius 2 is 0.672 bits per heavy atom. The molecule has 0 fully saturated rings. The molecule has 11 aromatic rings. The SMILES string of the molecule is CC1(C)c2c(-c3ccc(-c4c5ccccc5c(-c5ccc6c(c5)C5(c7ccccc7-c7ccccc75)c5ccccc5-6)c5ccccc45)cc3)cccc2-c2ccc3ccccc3c21. The Kier molecular flexibility index (Phi) is 7.20. The van der Waals surface area contributed by atoms with Crippen molar-refractivity contribution in [2.45, 2.75) is 24.7 Å². The number of benzene rings is 11. The van der Waals surface area contributed by atoms with Crippen molar-refractivity contribution >= 4 is 32.3 Å². The average molecular weight is 811 g/mol. The topological polar surface area (TPSA) is 0 Å². The molecule has 0 unspecified atom stereocenters. The largest absolute Gasteiger partial charge is 0.0725 e. The first-order valence-electron chi connectivity index (χ1n) is 22.7. The molecule has 3 aliphatic carbocycles. The van der Waals surface area contributed by atoms with Gasteiger partial charge in [-0.2, -0.15) is 0 Å². The van der Waals surface area contributed by atoms with Gasteiger partial charge in [0, 0.05) is 5.41 Å². The Hall–Kier alpha value is -7.80. The molecule has 0 N–H and O–H groups in total. The summed E-state index contributed by atoms with van der Waals surface area (Å²) in [5.41, 5.74) is 23.4. The van der Waals surface area contributed by atoms with E-state index in [0.717, 1.165) is 0 Å². The van der Waals surface area contributed by atoms with Crippen molar-refractivity contribution in [1.82, 2.24) is 0 Å². The van der Waals surface area contributed by atoms with Gasteiger partial charge in [-0.3, -0.25) is 0 Å². The zero-order valence-electron chi connectivity index (χ0n) is 35.8. The van der Waals surface area contributed by atoms with Gasteiger partial charge in [-0.1, -0.05) is 226 Å². The first-order chi connectivity index (χ1) is 31.5. The Labute approximate surface area is 373 Å². The summed E-state index contributed by atoms with van der Waals surface area (Å²) in [5.74, 6) is 0. The van der Waals surface area contributed by atoms with E-state index in [1.807, 2.05) is 0 Å². The van der Waals surface area contributed by atoms with E-state index >= 15 is 0 Å². The van der Waals surface area contributed by atoms with Gasteiger partial charge >= 0.3 is 0 Å². The first kappa shape index (κ1) is 35.8. The smallest absolute Gasteiger partial charge is 0.0619 e. The maximum atomic E-state index is 2.54. The second kappa shape index (κ2) is 12.9. The molecular weight excluding hydrogens is 769 g/mol. The van der Waals surface area contributed by atoms with Crippen LogP contribution >= 0.6 is 0 Å². The summed E-state index contributed by atoms with van der Waals surface area (Å²) in [5, 5.41) is 7.72. The summed E-state index contributed by atoms with van der Waals surface area (Å²) < 4.78 is 0. The normalized spacial score (nSPS) is 14.3. The van der Waals surface area contributed by atoms with Crippen molar-refractivity contribution in [3.8, 4) is 66.8 Å². The Morgan fingerprint density at radius 3 is 1.27 bits per heavy atom. The van der Waals surface area contributed by atoms with Crippen LogP contribution in [0.15, 0.2) is 218 Å². The van der Waals surface area contributed by atoms with Gasteiger partial charge in [0.2, 0.25) is 0 Å². The minimum Gasteiger partial charge on any atom is -0.0619 e. The molecule has 14 rings (SSSR count). The Bertz CT molecular complexity index is 3680. The lowest BCUT2D eigenvalue weighted by Crippen LogP contribution is -2.25. The second-order valence-corrected chi connectivity index (χ2v) is 18.6. The standard InChI is InChI=1S/C64H42/c1-63(2)61-44(25-15-26-53(61)54-37-34-39-16-3-4-17-43(39)62(54)63)40-30-32-41(33-31-40)59-49-21-5-7-23-51(49)60(52-24-8-6-22-50(52)59)42-35-36-48-47-20-11-14-29-57(47)64(58(48)38-42)55-27-12-9-18-45(55)46-19-10-13-28-56(46)64/h3-38H,1-2H3. The maximum absolute atomic E-state index is 2.54. The zero-order valence-corrected chi connectivity index (χ0v) is 35.8. The third-order valence-electron chi connectivity index (χ3n) is 15.2. The van der Waals surface area contributed by atoms with Gasteiger partial charge in [-0.15, -0.1) is 0 Å². The summed E-state index contributed by atoms with van der Waals surface area (Å²) in [6.45, 7) is 4.82. The minimum absolute atomic E-state index is 0.145. The lowest BCUT2D eigenvalue weighted by molar-refractivity contribution is 0.668. The maximum Gasteiger partial charge on any atom is 0.0725 e. The molecule has 0 amide bonds. The Balaban J connectivity index is 0.946. The van der Waals surface area contributed by atoms with Crippen molar-refractivity contribution in [3.05, 3.63) is 252 Å². The van der Waals surface area contributed by atoms with Crippen molar-refractivity contribution in [2.24, 2.45) is 0 Å². The van der Waals surface area contributed by atoms with Crippen LogP contribution in [0.5, 0.6) is 0 Å². The molecule has 64 heavy (non-hydrogen) atoms. The van der Waals surface area contributed by atoms with E-state index in [1.165, 1.54) is 132 Å². The van der Waals surface area contributed by atoms with Gasteiger partial charge in [0.15, 0.2) is 0 Å². The van der Waals surface area contributed by atoms with Gasteiger partial charge in [0.25, 0.3) is 0 Å². The highest BCUT2D eigenvalue weighted by molar-refractivity contribution is 6.21. The molecule has 0 heteroatoms. The van der Waals surface area contributed by atoms with Crippen LogP contribution < -0.4 is 0 Å². The van der Waals surface area contributed by atoms with Gasteiger partial charge in [0.1, 0.15) is 0 Å². The van der Waals surface area contributed by atoms with E-state index in [0.29, 0.717) is 0 Å². The minimum atomic E-state index is -0.396. The van der Waals surface area contributed by atoms with Crippen LogP contribution in [-0.2, 0) is 10.8 Å². The van der Waals surface area contributed by atoms with E-state index in [2.05, 4.69) is 232 Å². The van der Waals surface area contributed by atoms with Crippen LogP contribution in [0.4, 0.5) is 0 Å². The summed E-state index contributed by atoms with van der Waals surface area (Å²) in [6.07, 6.45) is 0. The quantitative estimate of drug-likeness (QED) is 0.156. The fraction of sp³-hybridized carbons (Fsp3) is 0.0625. The molecule has 3 aliphatic rings. The molecule has 0 aromatic heterocycles. The molecule has 0 atom stereocenters. The van der Waals surface area contributed by atoms with Crippen LogP contribution in [-0.4, -0.2) is 0 Å². The number of rotatable bonds is 3.